The van der Waals surface area contributed by atoms with Gasteiger partial charge in [0.1, 0.15) is 0 Å². The number of ether oxygens (including phenoxy) is 2. The molecule has 21 heavy (non-hydrogen) atoms. The molecular weight excluding hydrogens is 271 g/mol. The summed E-state index contributed by atoms with van der Waals surface area (Å²) in [7, 11) is 2.61. The van der Waals surface area contributed by atoms with E-state index in [1.54, 1.807) is 14.2 Å². The van der Waals surface area contributed by atoms with E-state index >= 15 is 0 Å². The van der Waals surface area contributed by atoms with E-state index in [0.717, 1.165) is 5.46 Å². The summed E-state index contributed by atoms with van der Waals surface area (Å²) in [4.78, 5) is 0. The summed E-state index contributed by atoms with van der Waals surface area (Å²) in [5.41, 5.74) is 0.617. The summed E-state index contributed by atoms with van der Waals surface area (Å²) in [6, 6.07) is 3.64. The van der Waals surface area contributed by atoms with E-state index in [1.165, 1.54) is 0 Å². The van der Waals surface area contributed by atoms with Crippen LogP contribution in [0.25, 0.3) is 0 Å². The Morgan fingerprint density at radius 3 is 2.05 bits per heavy atom. The molecule has 1 saturated heterocycles. The average molecular weight is 294 g/mol. The van der Waals surface area contributed by atoms with Crippen LogP contribution in [-0.2, 0) is 15.9 Å². The van der Waals surface area contributed by atoms with Gasteiger partial charge in [0, 0.05) is 5.56 Å². The standard InChI is InChI=1S/C15H23BO5/c1-14(2)15(3,4)21-16(20-14)11-7-10(9-17)13(19-6)12(8-11)18-5/h7-8,17H,9H2,1-6H3. The first-order chi connectivity index (χ1) is 9.75. The summed E-state index contributed by atoms with van der Waals surface area (Å²) in [5, 5.41) is 9.52. The minimum atomic E-state index is -0.500. The lowest BCUT2D eigenvalue weighted by atomic mass is 9.78. The molecule has 0 atom stereocenters. The smallest absolute Gasteiger partial charge is 0.493 e. The maximum Gasteiger partial charge on any atom is 0.494 e. The molecule has 0 amide bonds. The molecule has 0 bridgehead atoms. The van der Waals surface area contributed by atoms with Crippen molar-refractivity contribution in [1.82, 2.24) is 0 Å². The summed E-state index contributed by atoms with van der Waals surface area (Å²) < 4.78 is 22.7. The van der Waals surface area contributed by atoms with Crippen molar-refractivity contribution in [3.63, 3.8) is 0 Å². The highest BCUT2D eigenvalue weighted by atomic mass is 16.7. The Bertz CT molecular complexity index is 486. The van der Waals surface area contributed by atoms with Gasteiger partial charge in [0.15, 0.2) is 11.5 Å². The first-order valence-corrected chi connectivity index (χ1v) is 6.97. The van der Waals surface area contributed by atoms with Crippen LogP contribution in [0.1, 0.15) is 33.3 Å². The molecule has 2 rings (SSSR count). The number of rotatable bonds is 4. The van der Waals surface area contributed by atoms with Crippen LogP contribution in [0.5, 0.6) is 11.5 Å². The fraction of sp³-hybridized carbons (Fsp3) is 0.600. The molecule has 0 spiro atoms. The SMILES string of the molecule is COc1cc(B2OC(C)(C)C(C)(C)O2)cc(CO)c1OC. The van der Waals surface area contributed by atoms with Gasteiger partial charge >= 0.3 is 7.12 Å². The zero-order chi connectivity index (χ0) is 15.8. The Morgan fingerprint density at radius 2 is 1.62 bits per heavy atom. The maximum atomic E-state index is 9.52. The van der Waals surface area contributed by atoms with E-state index in [2.05, 4.69) is 0 Å². The molecule has 0 unspecified atom stereocenters. The Morgan fingerprint density at radius 1 is 1.05 bits per heavy atom. The van der Waals surface area contributed by atoms with Gasteiger partial charge in [-0.3, -0.25) is 0 Å². The lowest BCUT2D eigenvalue weighted by Crippen LogP contribution is -2.41. The van der Waals surface area contributed by atoms with Gasteiger partial charge in [0.25, 0.3) is 0 Å². The molecule has 0 radical (unpaired) electrons. The zero-order valence-electron chi connectivity index (χ0n) is 13.5. The topological polar surface area (TPSA) is 57.2 Å². The van der Waals surface area contributed by atoms with E-state index in [4.69, 9.17) is 18.8 Å². The Hall–Kier alpha value is -1.24. The normalized spacial score (nSPS) is 19.7. The van der Waals surface area contributed by atoms with Gasteiger partial charge < -0.3 is 23.9 Å². The summed E-state index contributed by atoms with van der Waals surface area (Å²) in [6.07, 6.45) is 0. The molecule has 1 aliphatic rings. The van der Waals surface area contributed by atoms with Crippen LogP contribution in [0.4, 0.5) is 0 Å². The van der Waals surface area contributed by atoms with Gasteiger partial charge in [-0.1, -0.05) is 6.07 Å². The molecule has 1 heterocycles. The van der Waals surface area contributed by atoms with Crippen LogP contribution >= 0.6 is 0 Å². The van der Waals surface area contributed by atoms with E-state index in [0.29, 0.717) is 17.1 Å². The van der Waals surface area contributed by atoms with Crippen LogP contribution in [0, 0.1) is 0 Å². The second kappa shape index (κ2) is 5.52. The lowest BCUT2D eigenvalue weighted by Gasteiger charge is -2.32. The third kappa shape index (κ3) is 2.75. The average Bonchev–Trinajstić information content (AvgIpc) is 2.65. The van der Waals surface area contributed by atoms with Gasteiger partial charge in [-0.2, -0.15) is 0 Å². The predicted molar refractivity (Wildman–Crippen MR) is 81.2 cm³/mol. The third-order valence-corrected chi connectivity index (χ3v) is 4.27. The van der Waals surface area contributed by atoms with Crippen LogP contribution < -0.4 is 14.9 Å². The number of hydrogen-bond acceptors (Lipinski definition) is 5. The molecule has 0 aliphatic carbocycles. The second-order valence-corrected chi connectivity index (χ2v) is 6.16. The molecule has 1 aromatic rings. The molecule has 1 aliphatic heterocycles. The Kier molecular flexibility index (Phi) is 4.24. The van der Waals surface area contributed by atoms with Crippen molar-refractivity contribution in [3.05, 3.63) is 17.7 Å². The predicted octanol–water partition coefficient (Wildman–Crippen LogP) is 1.50. The van der Waals surface area contributed by atoms with Gasteiger partial charge in [0.05, 0.1) is 32.0 Å². The fourth-order valence-electron chi connectivity index (χ4n) is 2.30. The Labute approximate surface area is 126 Å². The number of aliphatic hydroxyl groups excluding tert-OH is 1. The van der Waals surface area contributed by atoms with Crippen molar-refractivity contribution in [2.45, 2.75) is 45.5 Å². The van der Waals surface area contributed by atoms with E-state index < -0.39 is 18.3 Å². The largest absolute Gasteiger partial charge is 0.494 e. The van der Waals surface area contributed by atoms with Crippen molar-refractivity contribution in [2.75, 3.05) is 14.2 Å². The number of methoxy groups -OCH3 is 2. The number of benzene rings is 1. The van der Waals surface area contributed by atoms with Crippen LogP contribution in [0.15, 0.2) is 12.1 Å². The molecule has 0 aromatic heterocycles. The summed E-state index contributed by atoms with van der Waals surface area (Å²) in [6.45, 7) is 7.86. The molecule has 1 N–H and O–H groups in total. The molecule has 116 valence electrons. The maximum absolute atomic E-state index is 9.52. The van der Waals surface area contributed by atoms with Gasteiger partial charge in [-0.25, -0.2) is 0 Å². The highest BCUT2D eigenvalue weighted by Crippen LogP contribution is 2.37. The van der Waals surface area contributed by atoms with Crippen molar-refractivity contribution in [1.29, 1.82) is 0 Å². The molecule has 1 aromatic carbocycles. The number of aliphatic hydroxyl groups is 1. The van der Waals surface area contributed by atoms with Crippen LogP contribution in [0.2, 0.25) is 0 Å². The molecular formula is C15H23BO5. The summed E-state index contributed by atoms with van der Waals surface area (Å²) >= 11 is 0. The molecule has 0 saturated carbocycles. The van der Waals surface area contributed by atoms with Crippen LogP contribution in [0.3, 0.4) is 0 Å². The zero-order valence-corrected chi connectivity index (χ0v) is 13.5. The quantitative estimate of drug-likeness (QED) is 0.853. The third-order valence-electron chi connectivity index (χ3n) is 4.27. The van der Waals surface area contributed by atoms with Crippen molar-refractivity contribution in [3.8, 4) is 11.5 Å². The van der Waals surface area contributed by atoms with E-state index in [1.807, 2.05) is 39.8 Å². The minimum Gasteiger partial charge on any atom is -0.493 e. The second-order valence-electron chi connectivity index (χ2n) is 6.16. The molecule has 1 fully saturated rings. The molecule has 6 heteroatoms. The van der Waals surface area contributed by atoms with Gasteiger partial charge in [0.2, 0.25) is 0 Å². The van der Waals surface area contributed by atoms with Crippen molar-refractivity contribution in [2.24, 2.45) is 0 Å². The first-order valence-electron chi connectivity index (χ1n) is 6.97. The summed E-state index contributed by atoms with van der Waals surface area (Å²) in [5.74, 6) is 1.08. The first kappa shape index (κ1) is 16.1. The highest BCUT2D eigenvalue weighted by Gasteiger charge is 2.51. The van der Waals surface area contributed by atoms with Gasteiger partial charge in [-0.15, -0.1) is 0 Å². The Balaban J connectivity index is 2.42. The minimum absolute atomic E-state index is 0.146. The van der Waals surface area contributed by atoms with E-state index in [-0.39, 0.29) is 6.61 Å². The highest BCUT2D eigenvalue weighted by molar-refractivity contribution is 6.62. The molecule has 5 nitrogen and oxygen atoms in total. The number of hydrogen-bond donors (Lipinski definition) is 1. The monoisotopic (exact) mass is 294 g/mol. The lowest BCUT2D eigenvalue weighted by molar-refractivity contribution is 0.00578. The van der Waals surface area contributed by atoms with Gasteiger partial charge in [-0.05, 0) is 39.2 Å². The van der Waals surface area contributed by atoms with Crippen LogP contribution in [-0.4, -0.2) is 37.6 Å². The van der Waals surface area contributed by atoms with Crippen molar-refractivity contribution >= 4 is 12.6 Å². The fourth-order valence-corrected chi connectivity index (χ4v) is 2.30. The van der Waals surface area contributed by atoms with Crippen molar-refractivity contribution < 1.29 is 23.9 Å². The van der Waals surface area contributed by atoms with E-state index in [9.17, 15) is 5.11 Å².